The Morgan fingerprint density at radius 3 is 2.86 bits per heavy atom. The number of aromatic nitrogens is 1. The fraction of sp³-hybridized carbons (Fsp3) is 0.267. The lowest BCUT2D eigenvalue weighted by Crippen LogP contribution is -2.18. The summed E-state index contributed by atoms with van der Waals surface area (Å²) in [6.45, 7) is 2.02. The Hall–Kier alpha value is -0.950. The minimum Gasteiger partial charge on any atom is -0.383 e. The summed E-state index contributed by atoms with van der Waals surface area (Å²) in [5.41, 5.74) is 0.914. The van der Waals surface area contributed by atoms with Crippen LogP contribution in [0.25, 0.3) is 0 Å². The van der Waals surface area contributed by atoms with Crippen LogP contribution in [0.2, 0.25) is 0 Å². The van der Waals surface area contributed by atoms with Crippen molar-refractivity contribution in [3.63, 3.8) is 0 Å². The second-order valence-corrected chi connectivity index (χ2v) is 6.33. The minimum absolute atomic E-state index is 0.226. The third-order valence-corrected chi connectivity index (χ3v) is 4.19. The monoisotopic (exact) mass is 370 g/mol. The SMILES string of the molecule is COCCNCc1ccc(Sc2ccc(Br)cn2)c(F)c1. The van der Waals surface area contributed by atoms with Gasteiger partial charge in [-0.25, -0.2) is 9.37 Å². The average Bonchev–Trinajstić information content (AvgIpc) is 2.48. The molecule has 6 heteroatoms. The molecule has 0 aliphatic carbocycles. The number of nitrogens with zero attached hydrogens (tertiary/aromatic N) is 1. The molecule has 0 fully saturated rings. The second-order valence-electron chi connectivity index (χ2n) is 4.35. The third-order valence-electron chi connectivity index (χ3n) is 2.72. The van der Waals surface area contributed by atoms with E-state index in [-0.39, 0.29) is 5.82 Å². The van der Waals surface area contributed by atoms with E-state index >= 15 is 0 Å². The highest BCUT2D eigenvalue weighted by atomic mass is 79.9. The summed E-state index contributed by atoms with van der Waals surface area (Å²) in [7, 11) is 1.66. The van der Waals surface area contributed by atoms with Crippen molar-refractivity contribution in [2.75, 3.05) is 20.3 Å². The van der Waals surface area contributed by atoms with Gasteiger partial charge < -0.3 is 10.1 Å². The predicted octanol–water partition coefficient (Wildman–Crippen LogP) is 3.87. The van der Waals surface area contributed by atoms with Gasteiger partial charge in [-0.3, -0.25) is 0 Å². The van der Waals surface area contributed by atoms with Crippen LogP contribution in [-0.2, 0) is 11.3 Å². The van der Waals surface area contributed by atoms with Gasteiger partial charge in [-0.05, 0) is 45.8 Å². The molecular formula is C15H16BrFN2OS. The van der Waals surface area contributed by atoms with Gasteiger partial charge in [0, 0.05) is 35.8 Å². The maximum atomic E-state index is 14.1. The summed E-state index contributed by atoms with van der Waals surface area (Å²) >= 11 is 4.64. The van der Waals surface area contributed by atoms with Gasteiger partial charge >= 0.3 is 0 Å². The number of rotatable bonds is 7. The molecular weight excluding hydrogens is 355 g/mol. The van der Waals surface area contributed by atoms with Gasteiger partial charge in [0.15, 0.2) is 0 Å². The topological polar surface area (TPSA) is 34.1 Å². The molecule has 0 amide bonds. The van der Waals surface area contributed by atoms with Gasteiger partial charge in [-0.15, -0.1) is 0 Å². The van der Waals surface area contributed by atoms with Gasteiger partial charge in [0.25, 0.3) is 0 Å². The molecule has 21 heavy (non-hydrogen) atoms. The highest BCUT2D eigenvalue weighted by Crippen LogP contribution is 2.29. The second kappa shape index (κ2) is 8.48. The summed E-state index contributed by atoms with van der Waals surface area (Å²) in [4.78, 5) is 4.80. The quantitative estimate of drug-likeness (QED) is 0.750. The van der Waals surface area contributed by atoms with E-state index in [4.69, 9.17) is 4.74 Å². The number of benzene rings is 1. The molecule has 1 heterocycles. The highest BCUT2D eigenvalue weighted by molar-refractivity contribution is 9.10. The van der Waals surface area contributed by atoms with Crippen LogP contribution in [0.15, 0.2) is 50.9 Å². The number of pyridine rings is 1. The molecule has 0 aliphatic rings. The maximum Gasteiger partial charge on any atom is 0.137 e. The molecule has 0 spiro atoms. The van der Waals surface area contributed by atoms with Crippen molar-refractivity contribution in [2.45, 2.75) is 16.5 Å². The minimum atomic E-state index is -0.226. The Balaban J connectivity index is 1.97. The molecule has 2 aromatic rings. The number of ether oxygens (including phenoxy) is 1. The van der Waals surface area contributed by atoms with E-state index in [1.54, 1.807) is 25.4 Å². The first-order valence-corrected chi connectivity index (χ1v) is 8.07. The lowest BCUT2D eigenvalue weighted by molar-refractivity contribution is 0.199. The van der Waals surface area contributed by atoms with Crippen LogP contribution in [0.3, 0.4) is 0 Å². The van der Waals surface area contributed by atoms with E-state index in [2.05, 4.69) is 26.2 Å². The number of nitrogens with one attached hydrogen (secondary N) is 1. The van der Waals surface area contributed by atoms with E-state index < -0.39 is 0 Å². The number of methoxy groups -OCH3 is 1. The van der Waals surface area contributed by atoms with Gasteiger partial charge in [0.05, 0.1) is 6.61 Å². The first kappa shape index (κ1) is 16.4. The van der Waals surface area contributed by atoms with Crippen molar-refractivity contribution in [1.29, 1.82) is 0 Å². The Bertz CT molecular complexity index is 580. The zero-order valence-electron chi connectivity index (χ0n) is 11.6. The van der Waals surface area contributed by atoms with Crippen LogP contribution in [0.5, 0.6) is 0 Å². The molecule has 2 rings (SSSR count). The van der Waals surface area contributed by atoms with Crippen LogP contribution >= 0.6 is 27.7 Å². The van der Waals surface area contributed by atoms with Crippen molar-refractivity contribution in [2.24, 2.45) is 0 Å². The molecule has 0 radical (unpaired) electrons. The van der Waals surface area contributed by atoms with E-state index in [1.165, 1.54) is 11.8 Å². The van der Waals surface area contributed by atoms with E-state index in [0.717, 1.165) is 21.6 Å². The Labute approximate surface area is 136 Å². The van der Waals surface area contributed by atoms with Crippen molar-refractivity contribution >= 4 is 27.7 Å². The fourth-order valence-electron chi connectivity index (χ4n) is 1.68. The fourth-order valence-corrected chi connectivity index (χ4v) is 2.67. The van der Waals surface area contributed by atoms with Crippen LogP contribution in [0, 0.1) is 5.82 Å². The molecule has 1 N–H and O–H groups in total. The third kappa shape index (κ3) is 5.39. The Morgan fingerprint density at radius 2 is 2.19 bits per heavy atom. The van der Waals surface area contributed by atoms with E-state index in [1.807, 2.05) is 18.2 Å². The standard InChI is InChI=1S/C15H16BrFN2OS/c1-20-7-6-18-9-11-2-4-14(13(17)8-11)21-15-5-3-12(16)10-19-15/h2-5,8,10,18H,6-7,9H2,1H3. The lowest BCUT2D eigenvalue weighted by Gasteiger charge is -2.07. The average molecular weight is 371 g/mol. The smallest absolute Gasteiger partial charge is 0.137 e. The molecule has 0 atom stereocenters. The van der Waals surface area contributed by atoms with Crippen molar-refractivity contribution in [3.05, 3.63) is 52.4 Å². The van der Waals surface area contributed by atoms with Crippen molar-refractivity contribution < 1.29 is 9.13 Å². The zero-order valence-corrected chi connectivity index (χ0v) is 14.0. The lowest BCUT2D eigenvalue weighted by atomic mass is 10.2. The summed E-state index contributed by atoms with van der Waals surface area (Å²) < 4.78 is 19.9. The van der Waals surface area contributed by atoms with Crippen LogP contribution < -0.4 is 5.32 Å². The number of halogens is 2. The molecule has 112 valence electrons. The van der Waals surface area contributed by atoms with E-state index in [9.17, 15) is 4.39 Å². The maximum absolute atomic E-state index is 14.1. The molecule has 1 aromatic carbocycles. The highest BCUT2D eigenvalue weighted by Gasteiger charge is 2.06. The molecule has 0 bridgehead atoms. The molecule has 1 aromatic heterocycles. The normalized spacial score (nSPS) is 10.8. The van der Waals surface area contributed by atoms with Crippen molar-refractivity contribution in [3.8, 4) is 0 Å². The predicted molar refractivity (Wildman–Crippen MR) is 86.0 cm³/mol. The Kier molecular flexibility index (Phi) is 6.63. The molecule has 0 saturated carbocycles. The summed E-state index contributed by atoms with van der Waals surface area (Å²) in [6.07, 6.45) is 1.70. The molecule has 3 nitrogen and oxygen atoms in total. The van der Waals surface area contributed by atoms with Gasteiger partial charge in [-0.1, -0.05) is 17.8 Å². The van der Waals surface area contributed by atoms with E-state index in [0.29, 0.717) is 18.0 Å². The zero-order chi connectivity index (χ0) is 15.1. The van der Waals surface area contributed by atoms with Crippen molar-refractivity contribution in [1.82, 2.24) is 10.3 Å². The summed E-state index contributed by atoms with van der Waals surface area (Å²) in [6, 6.07) is 9.01. The molecule has 0 saturated heterocycles. The summed E-state index contributed by atoms with van der Waals surface area (Å²) in [5.74, 6) is -0.226. The number of hydrogen-bond acceptors (Lipinski definition) is 4. The number of hydrogen-bond donors (Lipinski definition) is 1. The van der Waals surface area contributed by atoms with Crippen LogP contribution in [0.1, 0.15) is 5.56 Å². The van der Waals surface area contributed by atoms with Gasteiger partial charge in [0.1, 0.15) is 10.8 Å². The largest absolute Gasteiger partial charge is 0.383 e. The molecule has 0 aliphatic heterocycles. The van der Waals surface area contributed by atoms with Gasteiger partial charge in [0.2, 0.25) is 0 Å². The first-order valence-electron chi connectivity index (χ1n) is 6.46. The van der Waals surface area contributed by atoms with Crippen LogP contribution in [-0.4, -0.2) is 25.2 Å². The summed E-state index contributed by atoms with van der Waals surface area (Å²) in [5, 5.41) is 3.96. The Morgan fingerprint density at radius 1 is 1.33 bits per heavy atom. The molecule has 0 unspecified atom stereocenters. The van der Waals surface area contributed by atoms with Crippen LogP contribution in [0.4, 0.5) is 4.39 Å². The first-order chi connectivity index (χ1) is 10.2. The van der Waals surface area contributed by atoms with Gasteiger partial charge in [-0.2, -0.15) is 0 Å².